The molecule has 0 saturated carbocycles. The molecular weight excluding hydrogens is 507 g/mol. The van der Waals surface area contributed by atoms with Crippen LogP contribution in [0.3, 0.4) is 0 Å². The molecule has 5 aromatic rings. The van der Waals surface area contributed by atoms with Gasteiger partial charge in [0, 0.05) is 38.4 Å². The Morgan fingerprint density at radius 2 is 1.59 bits per heavy atom. The number of aliphatic hydroxyl groups is 1. The van der Waals surface area contributed by atoms with E-state index in [-0.39, 0.29) is 11.3 Å². The minimum absolute atomic E-state index is 0.231. The summed E-state index contributed by atoms with van der Waals surface area (Å²) in [6, 6.07) is 22.7. The van der Waals surface area contributed by atoms with Crippen LogP contribution < -0.4 is 5.56 Å². The zero-order chi connectivity index (χ0) is 25.7. The Morgan fingerprint density at radius 3 is 2.32 bits per heavy atom. The highest BCUT2D eigenvalue weighted by Gasteiger charge is 2.33. The van der Waals surface area contributed by atoms with Gasteiger partial charge in [-0.2, -0.15) is 0 Å². The van der Waals surface area contributed by atoms with Gasteiger partial charge in [-0.15, -0.1) is 0 Å². The van der Waals surface area contributed by atoms with E-state index in [0.717, 1.165) is 22.0 Å². The van der Waals surface area contributed by atoms with Crippen LogP contribution in [0.15, 0.2) is 102 Å². The summed E-state index contributed by atoms with van der Waals surface area (Å²) in [5, 5.41) is 14.2. The molecule has 5 nitrogen and oxygen atoms in total. The Morgan fingerprint density at radius 1 is 0.892 bits per heavy atom. The fraction of sp³-hybridized carbons (Fsp3) is 0.0667. The number of pyridine rings is 1. The Kier molecular flexibility index (Phi) is 5.64. The number of H-pyrrole nitrogens is 1. The molecule has 0 saturated heterocycles. The fourth-order valence-corrected chi connectivity index (χ4v) is 5.50. The summed E-state index contributed by atoms with van der Waals surface area (Å²) in [6.45, 7) is 0.343. The topological polar surface area (TPSA) is 75.1 Å². The zero-order valence-corrected chi connectivity index (χ0v) is 20.9. The zero-order valence-electron chi connectivity index (χ0n) is 19.4. The molecule has 1 aliphatic rings. The Balaban J connectivity index is 1.74. The van der Waals surface area contributed by atoms with E-state index < -0.39 is 5.60 Å². The van der Waals surface area contributed by atoms with E-state index in [0.29, 0.717) is 38.8 Å². The summed E-state index contributed by atoms with van der Waals surface area (Å²) < 4.78 is 1.94. The van der Waals surface area contributed by atoms with Crippen molar-refractivity contribution in [2.45, 2.75) is 12.1 Å². The maximum absolute atomic E-state index is 13.8. The van der Waals surface area contributed by atoms with Gasteiger partial charge >= 0.3 is 0 Å². The van der Waals surface area contributed by atoms with Gasteiger partial charge in [-0.05, 0) is 53.6 Å². The van der Waals surface area contributed by atoms with Crippen LogP contribution in [0.2, 0.25) is 10.0 Å². The third-order valence-electron chi connectivity index (χ3n) is 6.73. The molecule has 0 atom stereocenters. The standard InChI is InChI=1S/C30H20Cl2N2O3/c31-20-11-10-19(23(32)16-20)17-34-24-9-5-4-8-22(24)26-25(18-6-2-1-3-7-18)28(33-29(36)27(26)34)30(37)14-12-21(35)13-15-30/h1-16,37H,17H2,(H,33,36). The summed E-state index contributed by atoms with van der Waals surface area (Å²) in [7, 11) is 0. The first-order chi connectivity index (χ1) is 17.9. The van der Waals surface area contributed by atoms with E-state index in [2.05, 4.69) is 4.98 Å². The van der Waals surface area contributed by atoms with Crippen molar-refractivity contribution in [3.63, 3.8) is 0 Å². The third-order valence-corrected chi connectivity index (χ3v) is 7.32. The van der Waals surface area contributed by atoms with E-state index in [9.17, 15) is 14.7 Å². The lowest BCUT2D eigenvalue weighted by Gasteiger charge is -2.26. The van der Waals surface area contributed by atoms with Crippen LogP contribution in [0.25, 0.3) is 32.9 Å². The van der Waals surface area contributed by atoms with Crippen LogP contribution >= 0.6 is 23.2 Å². The number of aromatic amines is 1. The van der Waals surface area contributed by atoms with Crippen LogP contribution in [0.5, 0.6) is 0 Å². The number of hydrogen-bond acceptors (Lipinski definition) is 3. The van der Waals surface area contributed by atoms with Crippen molar-refractivity contribution < 1.29 is 9.90 Å². The second-order valence-corrected chi connectivity index (χ2v) is 9.87. The summed E-state index contributed by atoms with van der Waals surface area (Å²) >= 11 is 12.6. The van der Waals surface area contributed by atoms with Crippen LogP contribution in [-0.4, -0.2) is 20.4 Å². The predicted molar refractivity (Wildman–Crippen MR) is 148 cm³/mol. The second kappa shape index (κ2) is 8.89. The maximum atomic E-state index is 13.8. The van der Waals surface area contributed by atoms with Crippen molar-refractivity contribution in [2.75, 3.05) is 0 Å². The summed E-state index contributed by atoms with van der Waals surface area (Å²) in [5.41, 5.74) is 1.88. The number of fused-ring (bicyclic) bond motifs is 3. The first-order valence-corrected chi connectivity index (χ1v) is 12.4. The van der Waals surface area contributed by atoms with Crippen molar-refractivity contribution in [1.29, 1.82) is 0 Å². The molecule has 0 amide bonds. The molecule has 0 spiro atoms. The highest BCUT2D eigenvalue weighted by atomic mass is 35.5. The van der Waals surface area contributed by atoms with Crippen LogP contribution in [0, 0.1) is 0 Å². The van der Waals surface area contributed by atoms with Crippen LogP contribution in [0.4, 0.5) is 0 Å². The minimum atomic E-state index is -1.67. The van der Waals surface area contributed by atoms with Crippen molar-refractivity contribution in [2.24, 2.45) is 0 Å². The number of aromatic nitrogens is 2. The molecule has 37 heavy (non-hydrogen) atoms. The molecule has 3 aromatic carbocycles. The van der Waals surface area contributed by atoms with E-state index in [4.69, 9.17) is 23.2 Å². The Hall–Kier alpha value is -3.90. The average Bonchev–Trinajstić information content (AvgIpc) is 3.23. The number of rotatable bonds is 4. The molecule has 0 bridgehead atoms. The first kappa shape index (κ1) is 23.5. The number of allylic oxidation sites excluding steroid dienone is 2. The van der Waals surface area contributed by atoms with E-state index >= 15 is 0 Å². The van der Waals surface area contributed by atoms with Crippen molar-refractivity contribution >= 4 is 50.8 Å². The number of carbonyl (C=O) groups is 1. The number of benzene rings is 3. The Bertz CT molecular complexity index is 1820. The van der Waals surface area contributed by atoms with E-state index in [1.54, 1.807) is 12.1 Å². The Labute approximate surface area is 221 Å². The van der Waals surface area contributed by atoms with Crippen molar-refractivity contribution in [3.8, 4) is 11.1 Å². The largest absolute Gasteiger partial charge is 0.376 e. The summed E-state index contributed by atoms with van der Waals surface area (Å²) in [6.07, 6.45) is 5.43. The van der Waals surface area contributed by atoms with Gasteiger partial charge in [-0.25, -0.2) is 0 Å². The number of carbonyl (C=O) groups excluding carboxylic acids is 1. The summed E-state index contributed by atoms with van der Waals surface area (Å²) in [4.78, 5) is 28.6. The number of hydrogen-bond donors (Lipinski definition) is 2. The van der Waals surface area contributed by atoms with Crippen molar-refractivity contribution in [3.05, 3.63) is 129 Å². The molecule has 2 aromatic heterocycles. The lowest BCUT2D eigenvalue weighted by atomic mass is 9.86. The molecule has 7 heteroatoms. The number of nitrogens with one attached hydrogen (secondary N) is 1. The third kappa shape index (κ3) is 3.92. The van der Waals surface area contributed by atoms with Gasteiger partial charge in [-0.1, -0.05) is 77.8 Å². The molecule has 0 aliphatic heterocycles. The molecule has 6 rings (SSSR count). The van der Waals surface area contributed by atoms with E-state index in [1.165, 1.54) is 24.3 Å². The average molecular weight is 527 g/mol. The lowest BCUT2D eigenvalue weighted by molar-refractivity contribution is -0.110. The molecule has 1 aliphatic carbocycles. The monoisotopic (exact) mass is 526 g/mol. The highest BCUT2D eigenvalue weighted by Crippen LogP contribution is 2.41. The van der Waals surface area contributed by atoms with E-state index in [1.807, 2.05) is 65.2 Å². The SMILES string of the molecule is O=C1C=CC(O)(c2[nH]c(=O)c3c(c2-c2ccccc2)c2ccccc2n3Cc2ccc(Cl)cc2Cl)C=C1. The lowest BCUT2D eigenvalue weighted by Crippen LogP contribution is -2.29. The van der Waals surface area contributed by atoms with Crippen molar-refractivity contribution in [1.82, 2.24) is 9.55 Å². The number of para-hydroxylation sites is 1. The van der Waals surface area contributed by atoms with Gasteiger partial charge in [0.15, 0.2) is 5.78 Å². The summed E-state index contributed by atoms with van der Waals surface area (Å²) in [5.74, 6) is -0.231. The van der Waals surface area contributed by atoms with Gasteiger partial charge in [0.25, 0.3) is 5.56 Å². The highest BCUT2D eigenvalue weighted by molar-refractivity contribution is 6.35. The number of halogens is 2. The minimum Gasteiger partial charge on any atom is -0.376 e. The fourth-order valence-electron chi connectivity index (χ4n) is 5.03. The normalized spacial score (nSPS) is 14.6. The molecule has 0 radical (unpaired) electrons. The quantitative estimate of drug-likeness (QED) is 0.285. The van der Waals surface area contributed by atoms with Gasteiger partial charge in [-0.3, -0.25) is 9.59 Å². The number of nitrogens with zero attached hydrogens (tertiary/aromatic N) is 1. The smallest absolute Gasteiger partial charge is 0.272 e. The van der Waals surface area contributed by atoms with Crippen LogP contribution in [-0.2, 0) is 16.9 Å². The molecule has 2 heterocycles. The maximum Gasteiger partial charge on any atom is 0.272 e. The second-order valence-electron chi connectivity index (χ2n) is 9.03. The predicted octanol–water partition coefficient (Wildman–Crippen LogP) is 6.39. The molecule has 2 N–H and O–H groups in total. The number of ketones is 1. The molecule has 0 unspecified atom stereocenters. The van der Waals surface area contributed by atoms with Crippen LogP contribution in [0.1, 0.15) is 11.3 Å². The molecule has 0 fully saturated rings. The molecule has 182 valence electrons. The van der Waals surface area contributed by atoms with Gasteiger partial charge < -0.3 is 14.7 Å². The first-order valence-electron chi connectivity index (χ1n) is 11.7. The van der Waals surface area contributed by atoms with Gasteiger partial charge in [0.1, 0.15) is 11.1 Å². The molecular formula is C30H20Cl2N2O3. The van der Waals surface area contributed by atoms with Gasteiger partial charge in [0.2, 0.25) is 0 Å². The van der Waals surface area contributed by atoms with Gasteiger partial charge in [0.05, 0.1) is 5.69 Å².